The summed E-state index contributed by atoms with van der Waals surface area (Å²) in [5.41, 5.74) is 4.69. The molecule has 0 aromatic carbocycles. The standard InChI is InChI=1S/C10H19N5O3/c1-4(16)6(17)5-3-12-10(2)7(13-5)8(18)14-9(11)15-10/h4-7,12-13,16-17H,3H2,1-2H3,(H3,11,14,15,18)/t4-,5+,6-,7?,10?/m0/s1. The van der Waals surface area contributed by atoms with Crippen LogP contribution in [0.2, 0.25) is 0 Å². The third-order valence-electron chi connectivity index (χ3n) is 3.40. The Bertz CT molecular complexity index is 386. The Hall–Kier alpha value is -1.22. The molecular formula is C10H19N5O3. The van der Waals surface area contributed by atoms with Crippen molar-refractivity contribution in [2.75, 3.05) is 6.54 Å². The minimum atomic E-state index is -0.960. The number of amides is 1. The van der Waals surface area contributed by atoms with Crippen LogP contribution in [-0.4, -0.2) is 58.6 Å². The Kier molecular flexibility index (Phi) is 3.28. The number of carbonyl (C=O) groups is 1. The van der Waals surface area contributed by atoms with Gasteiger partial charge in [0, 0.05) is 12.6 Å². The number of guanidine groups is 1. The zero-order valence-corrected chi connectivity index (χ0v) is 10.3. The number of hydrogen-bond donors (Lipinski definition) is 6. The van der Waals surface area contributed by atoms with Gasteiger partial charge in [0.05, 0.1) is 12.2 Å². The van der Waals surface area contributed by atoms with Crippen LogP contribution in [0.3, 0.4) is 0 Å². The number of hydrogen-bond acceptors (Lipinski definition) is 7. The Morgan fingerprint density at radius 2 is 2.22 bits per heavy atom. The topological polar surface area (TPSA) is 132 Å². The second-order valence-corrected chi connectivity index (χ2v) is 4.95. The highest BCUT2D eigenvalue weighted by molar-refractivity contribution is 6.01. The van der Waals surface area contributed by atoms with Crippen LogP contribution in [0.15, 0.2) is 4.99 Å². The van der Waals surface area contributed by atoms with Crippen molar-refractivity contribution in [3.05, 3.63) is 0 Å². The molecule has 0 aliphatic carbocycles. The van der Waals surface area contributed by atoms with Gasteiger partial charge in [0.1, 0.15) is 11.7 Å². The monoisotopic (exact) mass is 257 g/mol. The summed E-state index contributed by atoms with van der Waals surface area (Å²) in [5, 5.41) is 27.7. The smallest absolute Gasteiger partial charge is 0.247 e. The van der Waals surface area contributed by atoms with Gasteiger partial charge in [0.15, 0.2) is 5.96 Å². The van der Waals surface area contributed by atoms with E-state index in [1.165, 1.54) is 6.92 Å². The van der Waals surface area contributed by atoms with Crippen LogP contribution in [0.25, 0.3) is 0 Å². The number of piperazine rings is 1. The second-order valence-electron chi connectivity index (χ2n) is 4.95. The lowest BCUT2D eigenvalue weighted by molar-refractivity contribution is -0.126. The third-order valence-corrected chi connectivity index (χ3v) is 3.40. The average molecular weight is 257 g/mol. The molecule has 7 N–H and O–H groups in total. The Morgan fingerprint density at radius 3 is 2.83 bits per heavy atom. The third kappa shape index (κ3) is 2.19. The second kappa shape index (κ2) is 4.47. The molecule has 2 aliphatic heterocycles. The fraction of sp³-hybridized carbons (Fsp3) is 0.800. The van der Waals surface area contributed by atoms with Gasteiger partial charge in [-0.05, 0) is 13.8 Å². The molecule has 2 heterocycles. The number of nitrogens with one attached hydrogen (secondary N) is 3. The minimum absolute atomic E-state index is 0.0718. The van der Waals surface area contributed by atoms with Crippen molar-refractivity contribution in [3.63, 3.8) is 0 Å². The Morgan fingerprint density at radius 1 is 1.56 bits per heavy atom. The summed E-state index contributed by atoms with van der Waals surface area (Å²) in [6, 6.07) is -1.07. The summed E-state index contributed by atoms with van der Waals surface area (Å²) in [7, 11) is 0. The molecule has 0 spiro atoms. The number of aliphatic hydroxyl groups is 2. The average Bonchev–Trinajstić information content (AvgIpc) is 2.26. The van der Waals surface area contributed by atoms with E-state index in [4.69, 9.17) is 5.73 Å². The van der Waals surface area contributed by atoms with E-state index in [1.54, 1.807) is 6.92 Å². The van der Waals surface area contributed by atoms with Crippen LogP contribution in [0.5, 0.6) is 0 Å². The highest BCUT2D eigenvalue weighted by atomic mass is 16.3. The summed E-state index contributed by atoms with van der Waals surface area (Å²) < 4.78 is 0. The fourth-order valence-corrected chi connectivity index (χ4v) is 2.32. The van der Waals surface area contributed by atoms with Crippen LogP contribution in [0.4, 0.5) is 0 Å². The lowest BCUT2D eigenvalue weighted by Crippen LogP contribution is -2.76. The van der Waals surface area contributed by atoms with Crippen LogP contribution in [0.1, 0.15) is 13.8 Å². The molecule has 5 atom stereocenters. The molecule has 2 unspecified atom stereocenters. The van der Waals surface area contributed by atoms with Crippen molar-refractivity contribution in [2.24, 2.45) is 10.7 Å². The first-order valence-electron chi connectivity index (χ1n) is 5.87. The lowest BCUT2D eigenvalue weighted by Gasteiger charge is -2.46. The highest BCUT2D eigenvalue weighted by Gasteiger charge is 2.48. The van der Waals surface area contributed by atoms with E-state index in [-0.39, 0.29) is 11.9 Å². The van der Waals surface area contributed by atoms with Crippen molar-refractivity contribution in [2.45, 2.75) is 43.8 Å². The van der Waals surface area contributed by atoms with Gasteiger partial charge in [0.2, 0.25) is 5.91 Å². The SMILES string of the molecule is C[C@H](O)[C@H](O)[C@H]1CNC2(C)N=C(N)NC(=O)C2N1. The summed E-state index contributed by atoms with van der Waals surface area (Å²) in [6.45, 7) is 3.63. The molecule has 1 fully saturated rings. The van der Waals surface area contributed by atoms with Gasteiger partial charge in [0.25, 0.3) is 0 Å². The molecule has 2 rings (SSSR count). The number of nitrogens with zero attached hydrogens (tertiary/aromatic N) is 1. The number of fused-ring (bicyclic) bond motifs is 1. The number of nitrogens with two attached hydrogens (primary N) is 1. The summed E-state index contributed by atoms with van der Waals surface area (Å²) in [5.74, 6) is -0.234. The van der Waals surface area contributed by atoms with E-state index in [1.807, 2.05) is 0 Å². The van der Waals surface area contributed by atoms with E-state index < -0.39 is 30.0 Å². The van der Waals surface area contributed by atoms with Crippen LogP contribution >= 0.6 is 0 Å². The van der Waals surface area contributed by atoms with E-state index >= 15 is 0 Å². The van der Waals surface area contributed by atoms with Gasteiger partial charge in [-0.3, -0.25) is 20.7 Å². The van der Waals surface area contributed by atoms with Crippen molar-refractivity contribution < 1.29 is 15.0 Å². The molecule has 1 saturated heterocycles. The molecule has 0 radical (unpaired) electrons. The number of aliphatic imine (C=N–C) groups is 1. The first-order valence-corrected chi connectivity index (χ1v) is 5.87. The van der Waals surface area contributed by atoms with Gasteiger partial charge in [-0.1, -0.05) is 0 Å². The van der Waals surface area contributed by atoms with Gasteiger partial charge >= 0.3 is 0 Å². The zero-order chi connectivity index (χ0) is 13.5. The van der Waals surface area contributed by atoms with Crippen molar-refractivity contribution in [3.8, 4) is 0 Å². The largest absolute Gasteiger partial charge is 0.391 e. The lowest BCUT2D eigenvalue weighted by atomic mass is 9.92. The van der Waals surface area contributed by atoms with E-state index in [0.29, 0.717) is 6.54 Å². The molecule has 0 bridgehead atoms. The van der Waals surface area contributed by atoms with E-state index in [9.17, 15) is 15.0 Å². The van der Waals surface area contributed by atoms with Crippen LogP contribution in [-0.2, 0) is 4.79 Å². The number of aliphatic hydroxyl groups excluding tert-OH is 2. The minimum Gasteiger partial charge on any atom is -0.391 e. The number of rotatable bonds is 2. The van der Waals surface area contributed by atoms with E-state index in [0.717, 1.165) is 0 Å². The highest BCUT2D eigenvalue weighted by Crippen LogP contribution is 2.21. The van der Waals surface area contributed by atoms with Crippen LogP contribution < -0.4 is 21.7 Å². The molecule has 0 aromatic heterocycles. The zero-order valence-electron chi connectivity index (χ0n) is 10.3. The van der Waals surface area contributed by atoms with Gasteiger partial charge in [-0.25, -0.2) is 4.99 Å². The summed E-state index contributed by atoms with van der Waals surface area (Å²) in [4.78, 5) is 16.0. The number of carbonyl (C=O) groups excluding carboxylic acids is 1. The van der Waals surface area contributed by atoms with Crippen molar-refractivity contribution in [1.29, 1.82) is 0 Å². The maximum atomic E-state index is 11.9. The quantitative estimate of drug-likeness (QED) is 0.309. The summed E-state index contributed by atoms with van der Waals surface area (Å²) >= 11 is 0. The molecule has 0 saturated carbocycles. The molecule has 8 heteroatoms. The van der Waals surface area contributed by atoms with Crippen molar-refractivity contribution in [1.82, 2.24) is 16.0 Å². The van der Waals surface area contributed by atoms with Gasteiger partial charge in [-0.2, -0.15) is 0 Å². The first-order chi connectivity index (χ1) is 8.33. The Labute approximate surface area is 105 Å². The van der Waals surface area contributed by atoms with Crippen LogP contribution in [0, 0.1) is 0 Å². The predicted molar refractivity (Wildman–Crippen MR) is 64.6 cm³/mol. The van der Waals surface area contributed by atoms with Gasteiger partial charge in [-0.15, -0.1) is 0 Å². The molecule has 18 heavy (non-hydrogen) atoms. The normalized spacial score (nSPS) is 39.3. The first kappa shape index (κ1) is 13.2. The molecule has 2 aliphatic rings. The molecule has 8 nitrogen and oxygen atoms in total. The maximum absolute atomic E-state index is 11.9. The fourth-order valence-electron chi connectivity index (χ4n) is 2.32. The molecular weight excluding hydrogens is 238 g/mol. The maximum Gasteiger partial charge on any atom is 0.247 e. The molecule has 1 amide bonds. The molecule has 0 aromatic rings. The predicted octanol–water partition coefficient (Wildman–Crippen LogP) is -3.18. The molecule has 102 valence electrons. The Balaban J connectivity index is 2.17. The van der Waals surface area contributed by atoms with Crippen molar-refractivity contribution >= 4 is 11.9 Å². The summed E-state index contributed by atoms with van der Waals surface area (Å²) in [6.07, 6.45) is -1.84. The van der Waals surface area contributed by atoms with Gasteiger partial charge < -0.3 is 15.9 Å². The van der Waals surface area contributed by atoms with E-state index in [2.05, 4.69) is 20.9 Å².